The molecule has 120 valence electrons. The predicted octanol–water partition coefficient (Wildman–Crippen LogP) is 1.97. The summed E-state index contributed by atoms with van der Waals surface area (Å²) in [6.07, 6.45) is 5.56. The molecule has 1 aromatic rings. The van der Waals surface area contributed by atoms with E-state index in [0.717, 1.165) is 43.4 Å². The van der Waals surface area contributed by atoms with Gasteiger partial charge < -0.3 is 16.4 Å². The number of hydrogen-bond donors (Lipinski definition) is 3. The fourth-order valence-electron chi connectivity index (χ4n) is 2.86. The van der Waals surface area contributed by atoms with Crippen LogP contribution in [0.3, 0.4) is 0 Å². The van der Waals surface area contributed by atoms with Crippen LogP contribution in [0.15, 0.2) is 24.3 Å². The van der Waals surface area contributed by atoms with E-state index in [0.29, 0.717) is 6.54 Å². The number of carbonyl (C=O) groups is 2. The van der Waals surface area contributed by atoms with Crippen molar-refractivity contribution in [2.24, 2.45) is 5.73 Å². The Morgan fingerprint density at radius 2 is 1.77 bits per heavy atom. The van der Waals surface area contributed by atoms with Gasteiger partial charge in [0.15, 0.2) is 0 Å². The van der Waals surface area contributed by atoms with Gasteiger partial charge in [0.25, 0.3) is 0 Å². The molecule has 1 saturated carbocycles. The Labute approximate surface area is 131 Å². The van der Waals surface area contributed by atoms with Gasteiger partial charge in [-0.05, 0) is 37.0 Å². The summed E-state index contributed by atoms with van der Waals surface area (Å²) in [5.74, 6) is -0.109. The van der Waals surface area contributed by atoms with E-state index in [1.165, 1.54) is 13.3 Å². The molecule has 5 nitrogen and oxygen atoms in total. The average molecular weight is 303 g/mol. The van der Waals surface area contributed by atoms with Crippen molar-refractivity contribution in [1.29, 1.82) is 0 Å². The Morgan fingerprint density at radius 3 is 2.36 bits per heavy atom. The Kier molecular flexibility index (Phi) is 5.55. The highest BCUT2D eigenvalue weighted by Crippen LogP contribution is 2.25. The van der Waals surface area contributed by atoms with Crippen LogP contribution in [0, 0.1) is 0 Å². The van der Waals surface area contributed by atoms with Crippen molar-refractivity contribution < 1.29 is 9.59 Å². The lowest BCUT2D eigenvalue weighted by molar-refractivity contribution is -0.127. The van der Waals surface area contributed by atoms with E-state index < -0.39 is 5.54 Å². The number of benzene rings is 1. The summed E-state index contributed by atoms with van der Waals surface area (Å²) in [5, 5.41) is 5.68. The first-order valence-electron chi connectivity index (χ1n) is 7.93. The van der Waals surface area contributed by atoms with Crippen molar-refractivity contribution in [2.75, 3.05) is 11.9 Å². The van der Waals surface area contributed by atoms with Crippen molar-refractivity contribution in [3.63, 3.8) is 0 Å². The van der Waals surface area contributed by atoms with Gasteiger partial charge in [-0.3, -0.25) is 9.59 Å². The summed E-state index contributed by atoms with van der Waals surface area (Å²) in [6.45, 7) is 2.06. The quantitative estimate of drug-likeness (QED) is 0.777. The number of nitrogens with two attached hydrogens (primary N) is 1. The highest BCUT2D eigenvalue weighted by atomic mass is 16.2. The monoisotopic (exact) mass is 303 g/mol. The van der Waals surface area contributed by atoms with E-state index in [-0.39, 0.29) is 11.8 Å². The topological polar surface area (TPSA) is 84.2 Å². The fraction of sp³-hybridized carbons (Fsp3) is 0.529. The molecule has 2 amide bonds. The minimum atomic E-state index is -0.673. The van der Waals surface area contributed by atoms with Gasteiger partial charge in [0.2, 0.25) is 11.8 Å². The van der Waals surface area contributed by atoms with Crippen LogP contribution in [0.4, 0.5) is 5.69 Å². The second-order valence-electron chi connectivity index (χ2n) is 6.10. The molecule has 0 heterocycles. The van der Waals surface area contributed by atoms with E-state index in [9.17, 15) is 9.59 Å². The minimum absolute atomic E-state index is 0.0259. The second-order valence-corrected chi connectivity index (χ2v) is 6.10. The third-order valence-electron chi connectivity index (χ3n) is 4.17. The van der Waals surface area contributed by atoms with E-state index in [4.69, 9.17) is 5.73 Å². The van der Waals surface area contributed by atoms with Gasteiger partial charge in [-0.2, -0.15) is 0 Å². The van der Waals surface area contributed by atoms with Crippen LogP contribution in [0.5, 0.6) is 0 Å². The minimum Gasteiger partial charge on any atom is -0.354 e. The van der Waals surface area contributed by atoms with Gasteiger partial charge in [0.1, 0.15) is 0 Å². The van der Waals surface area contributed by atoms with Crippen LogP contribution in [0.25, 0.3) is 0 Å². The summed E-state index contributed by atoms with van der Waals surface area (Å²) in [5.41, 5.74) is 7.42. The third-order valence-corrected chi connectivity index (χ3v) is 4.17. The summed E-state index contributed by atoms with van der Waals surface area (Å²) < 4.78 is 0. The number of hydrogen-bond acceptors (Lipinski definition) is 3. The van der Waals surface area contributed by atoms with Crippen molar-refractivity contribution in [3.05, 3.63) is 29.8 Å². The Hall–Kier alpha value is -1.88. The first-order valence-corrected chi connectivity index (χ1v) is 7.93. The molecule has 0 aliphatic heterocycles. The Bertz CT molecular complexity index is 519. The van der Waals surface area contributed by atoms with Gasteiger partial charge in [-0.25, -0.2) is 0 Å². The van der Waals surface area contributed by atoms with Crippen LogP contribution in [0.1, 0.15) is 44.6 Å². The van der Waals surface area contributed by atoms with Gasteiger partial charge in [-0.1, -0.05) is 31.4 Å². The van der Waals surface area contributed by atoms with Gasteiger partial charge in [0.05, 0.1) is 5.54 Å². The van der Waals surface area contributed by atoms with Crippen LogP contribution < -0.4 is 16.4 Å². The Morgan fingerprint density at radius 1 is 1.14 bits per heavy atom. The molecule has 2 rings (SSSR count). The van der Waals surface area contributed by atoms with Crippen LogP contribution in [-0.4, -0.2) is 23.9 Å². The lowest BCUT2D eigenvalue weighted by atomic mass is 9.82. The largest absolute Gasteiger partial charge is 0.354 e. The molecule has 0 atom stereocenters. The third kappa shape index (κ3) is 4.56. The molecule has 0 bridgehead atoms. The highest BCUT2D eigenvalue weighted by molar-refractivity contribution is 5.88. The summed E-state index contributed by atoms with van der Waals surface area (Å²) in [6, 6.07) is 7.64. The fourth-order valence-corrected chi connectivity index (χ4v) is 2.86. The molecular formula is C17H25N3O2. The first-order chi connectivity index (χ1) is 10.5. The van der Waals surface area contributed by atoms with E-state index in [1.807, 2.05) is 24.3 Å². The van der Waals surface area contributed by atoms with E-state index in [1.54, 1.807) is 0 Å². The van der Waals surface area contributed by atoms with E-state index in [2.05, 4.69) is 10.6 Å². The first kappa shape index (κ1) is 16.5. The van der Waals surface area contributed by atoms with Gasteiger partial charge >= 0.3 is 0 Å². The lowest BCUT2D eigenvalue weighted by Crippen LogP contribution is -2.55. The van der Waals surface area contributed by atoms with Crippen LogP contribution in [0.2, 0.25) is 0 Å². The molecule has 0 spiro atoms. The molecule has 1 aliphatic carbocycles. The van der Waals surface area contributed by atoms with Gasteiger partial charge in [-0.15, -0.1) is 0 Å². The number of carbonyl (C=O) groups excluding carboxylic acids is 2. The van der Waals surface area contributed by atoms with Crippen LogP contribution >= 0.6 is 0 Å². The molecule has 0 aromatic heterocycles. The molecule has 0 unspecified atom stereocenters. The van der Waals surface area contributed by atoms with Crippen LogP contribution in [-0.2, 0) is 16.0 Å². The maximum Gasteiger partial charge on any atom is 0.240 e. The SMILES string of the molecule is CC(=O)Nc1ccc(CCNC(=O)C2(N)CCCCC2)cc1. The number of nitrogens with one attached hydrogen (secondary N) is 2. The summed E-state index contributed by atoms with van der Waals surface area (Å²) >= 11 is 0. The molecule has 1 aromatic carbocycles. The molecular weight excluding hydrogens is 278 g/mol. The summed E-state index contributed by atoms with van der Waals surface area (Å²) in [4.78, 5) is 23.2. The lowest BCUT2D eigenvalue weighted by Gasteiger charge is -2.31. The molecule has 22 heavy (non-hydrogen) atoms. The normalized spacial score (nSPS) is 16.8. The van der Waals surface area contributed by atoms with Crippen molar-refractivity contribution >= 4 is 17.5 Å². The number of amides is 2. The van der Waals surface area contributed by atoms with E-state index >= 15 is 0 Å². The molecule has 4 N–H and O–H groups in total. The zero-order chi connectivity index (χ0) is 16.0. The smallest absolute Gasteiger partial charge is 0.240 e. The molecule has 1 aliphatic rings. The standard InChI is InChI=1S/C17H25N3O2/c1-13(21)20-15-7-5-14(6-8-15)9-12-19-16(22)17(18)10-3-2-4-11-17/h5-8H,2-4,9-12,18H2,1H3,(H,19,22)(H,20,21). The summed E-state index contributed by atoms with van der Waals surface area (Å²) in [7, 11) is 0. The average Bonchev–Trinajstić information content (AvgIpc) is 2.49. The highest BCUT2D eigenvalue weighted by Gasteiger charge is 2.34. The maximum atomic E-state index is 12.2. The predicted molar refractivity (Wildman–Crippen MR) is 87.5 cm³/mol. The zero-order valence-corrected chi connectivity index (χ0v) is 13.2. The zero-order valence-electron chi connectivity index (χ0n) is 13.2. The molecule has 0 radical (unpaired) electrons. The maximum absolute atomic E-state index is 12.2. The van der Waals surface area contributed by atoms with Crippen molar-refractivity contribution in [3.8, 4) is 0 Å². The number of rotatable bonds is 5. The Balaban J connectivity index is 1.78. The molecule has 5 heteroatoms. The second kappa shape index (κ2) is 7.40. The number of anilines is 1. The van der Waals surface area contributed by atoms with Crippen molar-refractivity contribution in [2.45, 2.75) is 51.0 Å². The molecule has 0 saturated heterocycles. The van der Waals surface area contributed by atoms with Crippen molar-refractivity contribution in [1.82, 2.24) is 5.32 Å². The van der Waals surface area contributed by atoms with Gasteiger partial charge in [0, 0.05) is 19.2 Å². The molecule has 1 fully saturated rings.